The van der Waals surface area contributed by atoms with E-state index < -0.39 is 0 Å². The minimum atomic E-state index is -0.196. The third-order valence-electron chi connectivity index (χ3n) is 2.86. The van der Waals surface area contributed by atoms with Gasteiger partial charge < -0.3 is 9.64 Å². The summed E-state index contributed by atoms with van der Waals surface area (Å²) in [6.45, 7) is 8.27. The summed E-state index contributed by atoms with van der Waals surface area (Å²) in [4.78, 5) is 13.8. The molecule has 1 rings (SSSR count). The zero-order chi connectivity index (χ0) is 11.6. The van der Waals surface area contributed by atoms with E-state index in [0.717, 1.165) is 11.3 Å². The molecule has 0 amide bonds. The molecule has 3 nitrogen and oxygen atoms in total. The average Bonchev–Trinajstić information content (AvgIpc) is 2.15. The van der Waals surface area contributed by atoms with E-state index in [1.54, 1.807) is 0 Å². The van der Waals surface area contributed by atoms with E-state index in [1.807, 2.05) is 39.6 Å². The van der Waals surface area contributed by atoms with Gasteiger partial charge in [-0.15, -0.1) is 0 Å². The van der Waals surface area contributed by atoms with Crippen LogP contribution in [0.5, 0.6) is 0 Å². The molecule has 0 saturated heterocycles. The van der Waals surface area contributed by atoms with Crippen molar-refractivity contribution in [1.82, 2.24) is 4.90 Å². The highest BCUT2D eigenvalue weighted by Crippen LogP contribution is 2.28. The number of nitrogens with zero attached hydrogens (tertiary/aromatic N) is 1. The maximum Gasteiger partial charge on any atom is 0.336 e. The van der Waals surface area contributed by atoms with Gasteiger partial charge in [-0.25, -0.2) is 4.79 Å². The van der Waals surface area contributed by atoms with Gasteiger partial charge in [0.15, 0.2) is 0 Å². The first-order valence-corrected chi connectivity index (χ1v) is 5.29. The lowest BCUT2D eigenvalue weighted by molar-refractivity contribution is -0.139. The maximum absolute atomic E-state index is 11.7. The molecule has 1 aliphatic rings. The lowest BCUT2D eigenvalue weighted by Crippen LogP contribution is -2.27. The smallest absolute Gasteiger partial charge is 0.336 e. The van der Waals surface area contributed by atoms with E-state index in [-0.39, 0.29) is 11.9 Å². The number of carbonyl (C=O) groups is 1. The van der Waals surface area contributed by atoms with Gasteiger partial charge >= 0.3 is 5.97 Å². The maximum atomic E-state index is 11.7. The minimum Gasteiger partial charge on any atom is -0.463 e. The van der Waals surface area contributed by atoms with Crippen molar-refractivity contribution in [3.05, 3.63) is 23.0 Å². The fourth-order valence-electron chi connectivity index (χ4n) is 1.87. The van der Waals surface area contributed by atoms with Crippen LogP contribution in [0.15, 0.2) is 23.0 Å². The number of hydrogen-bond acceptors (Lipinski definition) is 3. The highest BCUT2D eigenvalue weighted by Gasteiger charge is 2.25. The van der Waals surface area contributed by atoms with Gasteiger partial charge in [0.2, 0.25) is 0 Å². The number of allylic oxidation sites excluding steroid dienone is 3. The fraction of sp³-hybridized carbons (Fsp3) is 0.583. The Bertz CT molecular complexity index is 329. The van der Waals surface area contributed by atoms with Crippen LogP contribution in [-0.4, -0.2) is 24.5 Å². The van der Waals surface area contributed by atoms with Crippen LogP contribution in [-0.2, 0) is 9.53 Å². The van der Waals surface area contributed by atoms with Gasteiger partial charge in [-0.1, -0.05) is 13.0 Å². The molecule has 3 heteroatoms. The highest BCUT2D eigenvalue weighted by molar-refractivity contribution is 5.90. The summed E-state index contributed by atoms with van der Waals surface area (Å²) in [5, 5.41) is 0. The lowest BCUT2D eigenvalue weighted by Gasteiger charge is -2.30. The predicted molar refractivity (Wildman–Crippen MR) is 60.0 cm³/mol. The van der Waals surface area contributed by atoms with Gasteiger partial charge in [-0.05, 0) is 20.8 Å². The lowest BCUT2D eigenvalue weighted by atomic mass is 9.94. The monoisotopic (exact) mass is 209 g/mol. The Morgan fingerprint density at radius 1 is 1.53 bits per heavy atom. The van der Waals surface area contributed by atoms with Gasteiger partial charge in [0.05, 0.1) is 12.2 Å². The molecule has 0 fully saturated rings. The van der Waals surface area contributed by atoms with Gasteiger partial charge in [0, 0.05) is 24.4 Å². The van der Waals surface area contributed by atoms with Crippen molar-refractivity contribution in [3.63, 3.8) is 0 Å². The number of ether oxygens (including phenoxy) is 1. The van der Waals surface area contributed by atoms with Crippen LogP contribution in [0, 0.1) is 5.92 Å². The molecule has 0 spiro atoms. The number of carbonyl (C=O) groups excluding carboxylic acids is 1. The molecule has 0 aromatic carbocycles. The van der Waals surface area contributed by atoms with Gasteiger partial charge in [0.25, 0.3) is 0 Å². The molecule has 1 heterocycles. The Balaban J connectivity index is 3.01. The second kappa shape index (κ2) is 4.51. The molecular formula is C12H19NO2. The first-order valence-electron chi connectivity index (χ1n) is 5.29. The number of esters is 1. The molecule has 1 aliphatic heterocycles. The van der Waals surface area contributed by atoms with Crippen molar-refractivity contribution in [2.75, 3.05) is 13.7 Å². The molecule has 0 aliphatic carbocycles. The van der Waals surface area contributed by atoms with Crippen molar-refractivity contribution in [2.24, 2.45) is 5.92 Å². The van der Waals surface area contributed by atoms with Crippen molar-refractivity contribution >= 4 is 5.97 Å². The third-order valence-corrected chi connectivity index (χ3v) is 2.86. The molecule has 0 radical (unpaired) electrons. The second-order valence-electron chi connectivity index (χ2n) is 3.88. The van der Waals surface area contributed by atoms with Crippen molar-refractivity contribution in [1.29, 1.82) is 0 Å². The Morgan fingerprint density at radius 2 is 2.13 bits per heavy atom. The largest absolute Gasteiger partial charge is 0.463 e. The molecule has 1 unspecified atom stereocenters. The molecule has 0 aromatic rings. The van der Waals surface area contributed by atoms with E-state index in [4.69, 9.17) is 4.74 Å². The number of hydrogen-bond donors (Lipinski definition) is 0. The van der Waals surface area contributed by atoms with Crippen LogP contribution in [0.2, 0.25) is 0 Å². The molecule has 0 aromatic heterocycles. The van der Waals surface area contributed by atoms with E-state index >= 15 is 0 Å². The number of rotatable bonds is 2. The zero-order valence-corrected chi connectivity index (χ0v) is 10.1. The predicted octanol–water partition coefficient (Wildman–Crippen LogP) is 2.31. The van der Waals surface area contributed by atoms with Crippen LogP contribution in [0.25, 0.3) is 0 Å². The molecule has 1 atom stereocenters. The topological polar surface area (TPSA) is 29.5 Å². The third kappa shape index (κ3) is 2.22. The standard InChI is InChI=1S/C12H19NO2/c1-6-15-12(14)11-8(2)7-9(3)13(5)10(11)4/h7-8H,6H2,1-5H3. The van der Waals surface area contributed by atoms with Crippen LogP contribution in [0.1, 0.15) is 27.7 Å². The van der Waals surface area contributed by atoms with E-state index in [9.17, 15) is 4.79 Å². The Morgan fingerprint density at radius 3 is 2.67 bits per heavy atom. The summed E-state index contributed by atoms with van der Waals surface area (Å²) < 4.78 is 5.05. The summed E-state index contributed by atoms with van der Waals surface area (Å²) in [5.74, 6) is -0.0571. The Kier molecular flexibility index (Phi) is 3.56. The summed E-state index contributed by atoms with van der Waals surface area (Å²) in [5.41, 5.74) is 2.93. The van der Waals surface area contributed by atoms with Gasteiger partial charge in [0.1, 0.15) is 0 Å². The van der Waals surface area contributed by atoms with E-state index in [0.29, 0.717) is 6.61 Å². The second-order valence-corrected chi connectivity index (χ2v) is 3.88. The molecule has 84 valence electrons. The van der Waals surface area contributed by atoms with Gasteiger partial charge in [-0.3, -0.25) is 0 Å². The van der Waals surface area contributed by atoms with E-state index in [2.05, 4.69) is 6.08 Å². The molecule has 0 saturated carbocycles. The molecule has 0 N–H and O–H groups in total. The minimum absolute atomic E-state index is 0.139. The first kappa shape index (κ1) is 11.8. The summed E-state index contributed by atoms with van der Waals surface area (Å²) in [6, 6.07) is 0. The quantitative estimate of drug-likeness (QED) is 0.654. The SMILES string of the molecule is CCOC(=O)C1=C(C)N(C)C(C)=CC1C. The van der Waals surface area contributed by atoms with Crippen molar-refractivity contribution < 1.29 is 9.53 Å². The fourth-order valence-corrected chi connectivity index (χ4v) is 1.87. The van der Waals surface area contributed by atoms with Crippen molar-refractivity contribution in [3.8, 4) is 0 Å². The Hall–Kier alpha value is -1.25. The summed E-state index contributed by atoms with van der Waals surface area (Å²) in [6.07, 6.45) is 2.08. The normalized spacial score (nSPS) is 21.5. The molecule has 0 bridgehead atoms. The highest BCUT2D eigenvalue weighted by atomic mass is 16.5. The first-order chi connectivity index (χ1) is 6.99. The average molecular weight is 209 g/mol. The van der Waals surface area contributed by atoms with E-state index in [1.165, 1.54) is 5.70 Å². The van der Waals surface area contributed by atoms with Crippen LogP contribution < -0.4 is 0 Å². The van der Waals surface area contributed by atoms with Crippen LogP contribution >= 0.6 is 0 Å². The molecular weight excluding hydrogens is 190 g/mol. The summed E-state index contributed by atoms with van der Waals surface area (Å²) >= 11 is 0. The zero-order valence-electron chi connectivity index (χ0n) is 10.1. The molecule has 15 heavy (non-hydrogen) atoms. The Labute approximate surface area is 91.4 Å². The van der Waals surface area contributed by atoms with Crippen molar-refractivity contribution in [2.45, 2.75) is 27.7 Å². The van der Waals surface area contributed by atoms with Crippen LogP contribution in [0.4, 0.5) is 0 Å². The van der Waals surface area contributed by atoms with Crippen LogP contribution in [0.3, 0.4) is 0 Å². The summed E-state index contributed by atoms with van der Waals surface area (Å²) in [7, 11) is 1.96. The van der Waals surface area contributed by atoms with Gasteiger partial charge in [-0.2, -0.15) is 0 Å².